The fourth-order valence-electron chi connectivity index (χ4n) is 1.36. The Morgan fingerprint density at radius 3 is 2.71 bits per heavy atom. The molecule has 1 rings (SSSR count). The van der Waals surface area contributed by atoms with Crippen LogP contribution in [0.1, 0.15) is 25.6 Å². The number of aromatic nitrogens is 2. The average Bonchev–Trinajstić information content (AvgIpc) is 2.55. The average molecular weight is 260 g/mol. The van der Waals surface area contributed by atoms with E-state index >= 15 is 0 Å². The summed E-state index contributed by atoms with van der Waals surface area (Å²) in [6.45, 7) is 4.05. The van der Waals surface area contributed by atoms with Crippen molar-refractivity contribution in [1.82, 2.24) is 14.3 Å². The number of nitrogens with one attached hydrogen (secondary N) is 1. The van der Waals surface area contributed by atoms with Gasteiger partial charge in [0.25, 0.3) is 10.0 Å². The van der Waals surface area contributed by atoms with Crippen molar-refractivity contribution < 1.29 is 8.42 Å². The van der Waals surface area contributed by atoms with Gasteiger partial charge in [-0.1, -0.05) is 0 Å². The number of imidazole rings is 1. The molecule has 3 N–H and O–H groups in total. The molecule has 0 saturated carbocycles. The Balaban J connectivity index is 2.57. The molecule has 0 amide bonds. The van der Waals surface area contributed by atoms with Gasteiger partial charge in [0.2, 0.25) is 0 Å². The first-order valence-electron chi connectivity index (χ1n) is 5.58. The van der Waals surface area contributed by atoms with Crippen LogP contribution >= 0.6 is 0 Å². The van der Waals surface area contributed by atoms with Crippen LogP contribution in [-0.4, -0.2) is 30.6 Å². The summed E-state index contributed by atoms with van der Waals surface area (Å²) in [6, 6.07) is 0.0941. The first-order valence-corrected chi connectivity index (χ1v) is 7.06. The zero-order valence-electron chi connectivity index (χ0n) is 10.5. The molecule has 0 aliphatic rings. The minimum Gasteiger partial charge on any atom is -0.337 e. The Hall–Kier alpha value is -0.920. The number of aryl methyl sites for hydroxylation is 2. The van der Waals surface area contributed by atoms with Gasteiger partial charge in [0.1, 0.15) is 5.82 Å². The highest BCUT2D eigenvalue weighted by molar-refractivity contribution is 7.89. The van der Waals surface area contributed by atoms with Crippen molar-refractivity contribution in [3.63, 3.8) is 0 Å². The molecule has 0 radical (unpaired) electrons. The molecule has 0 spiro atoms. The quantitative estimate of drug-likeness (QED) is 0.712. The van der Waals surface area contributed by atoms with Crippen molar-refractivity contribution in [1.29, 1.82) is 0 Å². The zero-order valence-corrected chi connectivity index (χ0v) is 11.3. The van der Waals surface area contributed by atoms with Crippen LogP contribution in [-0.2, 0) is 17.1 Å². The summed E-state index contributed by atoms with van der Waals surface area (Å²) in [4.78, 5) is 3.98. The van der Waals surface area contributed by atoms with E-state index in [-0.39, 0.29) is 11.1 Å². The van der Waals surface area contributed by atoms with Crippen molar-refractivity contribution in [3.8, 4) is 0 Å². The third kappa shape index (κ3) is 4.10. The van der Waals surface area contributed by atoms with Crippen molar-refractivity contribution in [3.05, 3.63) is 12.0 Å². The van der Waals surface area contributed by atoms with E-state index in [0.717, 1.165) is 12.8 Å². The number of rotatable bonds is 6. The monoisotopic (exact) mass is 260 g/mol. The molecule has 1 aromatic rings. The first-order chi connectivity index (χ1) is 7.83. The lowest BCUT2D eigenvalue weighted by Crippen LogP contribution is -2.26. The summed E-state index contributed by atoms with van der Waals surface area (Å²) in [7, 11) is -1.72. The summed E-state index contributed by atoms with van der Waals surface area (Å²) in [6.07, 6.45) is 3.02. The highest BCUT2D eigenvalue weighted by atomic mass is 32.2. The van der Waals surface area contributed by atoms with Gasteiger partial charge in [-0.05, 0) is 26.7 Å². The normalized spacial score (nSPS) is 13.9. The molecule has 0 aliphatic carbocycles. The molecule has 1 heterocycles. The number of hydrogen-bond donors (Lipinski definition) is 2. The molecule has 98 valence electrons. The summed E-state index contributed by atoms with van der Waals surface area (Å²) in [5.74, 6) is 0.668. The third-order valence-corrected chi connectivity index (χ3v) is 3.82. The highest BCUT2D eigenvalue weighted by Gasteiger charge is 2.17. The van der Waals surface area contributed by atoms with Crippen LogP contribution in [0.3, 0.4) is 0 Å². The lowest BCUT2D eigenvalue weighted by atomic mass is 10.2. The van der Waals surface area contributed by atoms with Gasteiger partial charge in [-0.3, -0.25) is 0 Å². The maximum Gasteiger partial charge on any atom is 0.259 e. The Morgan fingerprint density at radius 1 is 1.59 bits per heavy atom. The summed E-state index contributed by atoms with van der Waals surface area (Å²) >= 11 is 0. The van der Waals surface area contributed by atoms with E-state index < -0.39 is 10.0 Å². The van der Waals surface area contributed by atoms with Crippen LogP contribution < -0.4 is 10.5 Å². The van der Waals surface area contributed by atoms with Gasteiger partial charge in [0.05, 0.1) is 0 Å². The summed E-state index contributed by atoms with van der Waals surface area (Å²) < 4.78 is 27.8. The van der Waals surface area contributed by atoms with Crippen molar-refractivity contribution in [2.75, 3.05) is 6.54 Å². The van der Waals surface area contributed by atoms with Crippen LogP contribution in [0.15, 0.2) is 11.2 Å². The Labute approximate surface area is 102 Å². The number of nitrogens with zero attached hydrogens (tertiary/aromatic N) is 2. The Kier molecular flexibility index (Phi) is 4.67. The molecule has 17 heavy (non-hydrogen) atoms. The summed E-state index contributed by atoms with van der Waals surface area (Å²) in [5.41, 5.74) is 5.58. The maximum absolute atomic E-state index is 11.8. The smallest absolute Gasteiger partial charge is 0.259 e. The van der Waals surface area contributed by atoms with Gasteiger partial charge >= 0.3 is 0 Å². The largest absolute Gasteiger partial charge is 0.337 e. The van der Waals surface area contributed by atoms with E-state index in [1.807, 2.05) is 6.92 Å². The molecular formula is C10H20N4O2S. The zero-order chi connectivity index (χ0) is 13.1. The minimum absolute atomic E-state index is 0.0679. The van der Waals surface area contributed by atoms with E-state index in [0.29, 0.717) is 12.4 Å². The molecular weight excluding hydrogens is 240 g/mol. The van der Waals surface area contributed by atoms with E-state index in [9.17, 15) is 8.42 Å². The van der Waals surface area contributed by atoms with E-state index in [1.165, 1.54) is 6.20 Å². The lowest BCUT2D eigenvalue weighted by molar-refractivity contribution is 0.565. The molecule has 0 aromatic carbocycles. The minimum atomic E-state index is -3.48. The lowest BCUT2D eigenvalue weighted by Gasteiger charge is -2.06. The van der Waals surface area contributed by atoms with Crippen LogP contribution in [0.4, 0.5) is 0 Å². The molecule has 6 nitrogen and oxygen atoms in total. The molecule has 1 unspecified atom stereocenters. The van der Waals surface area contributed by atoms with Gasteiger partial charge in [-0.15, -0.1) is 0 Å². The molecule has 7 heteroatoms. The second kappa shape index (κ2) is 5.61. The maximum atomic E-state index is 11.8. The van der Waals surface area contributed by atoms with E-state index in [1.54, 1.807) is 18.5 Å². The fraction of sp³-hybridized carbons (Fsp3) is 0.700. The van der Waals surface area contributed by atoms with E-state index in [2.05, 4.69) is 9.71 Å². The third-order valence-electron chi connectivity index (χ3n) is 2.49. The topological polar surface area (TPSA) is 90.0 Å². The van der Waals surface area contributed by atoms with Crippen molar-refractivity contribution in [2.45, 2.75) is 37.8 Å². The predicted molar refractivity (Wildman–Crippen MR) is 66.0 cm³/mol. The molecule has 0 saturated heterocycles. The second-order valence-corrected chi connectivity index (χ2v) is 5.97. The van der Waals surface area contributed by atoms with Crippen LogP contribution in [0, 0.1) is 6.92 Å². The number of sulfonamides is 1. The molecule has 1 atom stereocenters. The molecule has 0 fully saturated rings. The van der Waals surface area contributed by atoms with Gasteiger partial charge in [0.15, 0.2) is 5.03 Å². The second-order valence-electron chi connectivity index (χ2n) is 4.25. The predicted octanol–water partition coefficient (Wildman–Crippen LogP) is 0.134. The standard InChI is InChI=1S/C10H20N4O2S/c1-8(11)5-4-6-12-17(15,16)10-7-14(3)9(2)13-10/h7-8,12H,4-6,11H2,1-3H3. The molecule has 0 bridgehead atoms. The van der Waals surface area contributed by atoms with E-state index in [4.69, 9.17) is 5.73 Å². The van der Waals surface area contributed by atoms with Gasteiger partial charge in [0, 0.05) is 25.8 Å². The summed E-state index contributed by atoms with van der Waals surface area (Å²) in [5, 5.41) is 0.0679. The van der Waals surface area contributed by atoms with Crippen molar-refractivity contribution in [2.24, 2.45) is 12.8 Å². The Morgan fingerprint density at radius 2 is 2.24 bits per heavy atom. The van der Waals surface area contributed by atoms with Gasteiger partial charge in [-0.2, -0.15) is 0 Å². The first kappa shape index (κ1) is 14.1. The van der Waals surface area contributed by atoms with Crippen molar-refractivity contribution >= 4 is 10.0 Å². The van der Waals surface area contributed by atoms with Gasteiger partial charge in [-0.25, -0.2) is 18.1 Å². The number of nitrogens with two attached hydrogens (primary N) is 1. The molecule has 1 aromatic heterocycles. The highest BCUT2D eigenvalue weighted by Crippen LogP contribution is 2.07. The number of hydrogen-bond acceptors (Lipinski definition) is 4. The SMILES string of the molecule is Cc1nc(S(=O)(=O)NCCCC(C)N)cn1C. The van der Waals surface area contributed by atoms with Crippen LogP contribution in [0.2, 0.25) is 0 Å². The van der Waals surface area contributed by atoms with Gasteiger partial charge < -0.3 is 10.3 Å². The Bertz CT molecular complexity index is 445. The fourth-order valence-corrected chi connectivity index (χ4v) is 2.47. The molecule has 0 aliphatic heterocycles. The van der Waals surface area contributed by atoms with Crippen LogP contribution in [0.25, 0.3) is 0 Å². The van der Waals surface area contributed by atoms with Crippen LogP contribution in [0.5, 0.6) is 0 Å².